The van der Waals surface area contributed by atoms with Gasteiger partial charge in [-0.05, 0) is 31.6 Å². The molecule has 0 aromatic heterocycles. The molecule has 17 nitrogen and oxygen atoms in total. The van der Waals surface area contributed by atoms with Gasteiger partial charge in [-0.3, -0.25) is 37.3 Å². The van der Waals surface area contributed by atoms with Crippen LogP contribution in [-0.4, -0.2) is 96.7 Å². The number of rotatable bonds is 74. The molecule has 0 aliphatic carbocycles. The normalized spacial score (nSPS) is 14.3. The number of unbranched alkanes of at least 4 members (excludes halogenated alkanes) is 45. The van der Waals surface area contributed by atoms with Crippen molar-refractivity contribution in [2.45, 2.75) is 406 Å². The Morgan fingerprint density at radius 2 is 0.516 bits per heavy atom. The largest absolute Gasteiger partial charge is 0.472 e. The van der Waals surface area contributed by atoms with Gasteiger partial charge >= 0.3 is 39.5 Å². The highest BCUT2D eigenvalue weighted by atomic mass is 31.2. The first-order chi connectivity index (χ1) is 45.1. The second kappa shape index (κ2) is 67.3. The summed E-state index contributed by atoms with van der Waals surface area (Å²) in [6.45, 7) is 7.29. The molecule has 3 N–H and O–H groups in total. The third-order valence-corrected chi connectivity index (χ3v) is 19.5. The lowest BCUT2D eigenvalue weighted by molar-refractivity contribution is -0.161. The topological polar surface area (TPSA) is 237 Å². The number of ether oxygens (including phenoxy) is 4. The van der Waals surface area contributed by atoms with Crippen LogP contribution in [0.4, 0.5) is 0 Å². The number of phosphoric acid groups is 2. The average Bonchev–Trinajstić information content (AvgIpc) is 1.99. The summed E-state index contributed by atoms with van der Waals surface area (Å²) in [5.74, 6) is -1.31. The summed E-state index contributed by atoms with van der Waals surface area (Å²) in [5, 5.41) is 10.6. The third kappa shape index (κ3) is 67.0. The van der Waals surface area contributed by atoms with Crippen LogP contribution >= 0.6 is 15.6 Å². The molecule has 0 heterocycles. The minimum absolute atomic E-state index is 0.107. The van der Waals surface area contributed by atoms with E-state index in [0.717, 1.165) is 95.8 Å². The van der Waals surface area contributed by atoms with Crippen molar-refractivity contribution in [3.05, 3.63) is 0 Å². The van der Waals surface area contributed by atoms with Crippen LogP contribution in [0.2, 0.25) is 0 Å². The van der Waals surface area contributed by atoms with Crippen molar-refractivity contribution in [3.63, 3.8) is 0 Å². The monoisotopic (exact) mass is 1370 g/mol. The number of esters is 4. The number of hydrogen-bond acceptors (Lipinski definition) is 15. The average molecular weight is 1370 g/mol. The quantitative estimate of drug-likeness (QED) is 0.0222. The molecule has 0 amide bonds. The number of aliphatic hydroxyl groups excluding tert-OH is 1. The minimum Gasteiger partial charge on any atom is -0.462 e. The lowest BCUT2D eigenvalue weighted by atomic mass is 9.99. The lowest BCUT2D eigenvalue weighted by Gasteiger charge is -2.21. The fraction of sp³-hybridized carbons (Fsp3) is 0.946. The SMILES string of the molecule is CCCCCCCCCCCCCCCCCCCCCC(=O)O[C@H](COC(=O)CCCCCCCCCCCCC(C)CC)COP(=O)(O)OC[C@@H](O)COP(=O)(O)OC[C@@H](COC(=O)CCCCCCCCCCC)OC(=O)CCCCCCCCCCCCC. The Balaban J connectivity index is 5.21. The predicted octanol–water partition coefficient (Wildman–Crippen LogP) is 21.7. The maximum atomic E-state index is 13.1. The van der Waals surface area contributed by atoms with Crippen molar-refractivity contribution < 1.29 is 80.2 Å². The highest BCUT2D eigenvalue weighted by Crippen LogP contribution is 2.45. The predicted molar refractivity (Wildman–Crippen MR) is 377 cm³/mol. The van der Waals surface area contributed by atoms with Crippen molar-refractivity contribution in [1.82, 2.24) is 0 Å². The molecule has 0 rings (SSSR count). The van der Waals surface area contributed by atoms with Gasteiger partial charge in [-0.25, -0.2) is 9.13 Å². The van der Waals surface area contributed by atoms with Crippen molar-refractivity contribution in [2.24, 2.45) is 5.92 Å². The Kier molecular flexibility index (Phi) is 65.9. The van der Waals surface area contributed by atoms with E-state index < -0.39 is 97.5 Å². The molecule has 0 aliphatic rings. The number of aliphatic hydroxyl groups is 1. The molecular formula is C74H144O17P2. The van der Waals surface area contributed by atoms with Gasteiger partial charge in [0.15, 0.2) is 12.2 Å². The first kappa shape index (κ1) is 91.1. The van der Waals surface area contributed by atoms with E-state index in [4.69, 9.17) is 37.0 Å². The highest BCUT2D eigenvalue weighted by Gasteiger charge is 2.30. The second-order valence-electron chi connectivity index (χ2n) is 26.9. The third-order valence-electron chi connectivity index (χ3n) is 17.6. The summed E-state index contributed by atoms with van der Waals surface area (Å²) in [6.07, 6.45) is 55.4. The van der Waals surface area contributed by atoms with Crippen LogP contribution in [0.3, 0.4) is 0 Å². The van der Waals surface area contributed by atoms with E-state index in [-0.39, 0.29) is 25.7 Å². The molecule has 93 heavy (non-hydrogen) atoms. The first-order valence-electron chi connectivity index (χ1n) is 38.7. The lowest BCUT2D eigenvalue weighted by Crippen LogP contribution is -2.30. The van der Waals surface area contributed by atoms with Crippen LogP contribution in [0.15, 0.2) is 0 Å². The molecule has 0 bridgehead atoms. The van der Waals surface area contributed by atoms with Gasteiger partial charge in [0.2, 0.25) is 0 Å². The molecule has 0 saturated carbocycles. The summed E-state index contributed by atoms with van der Waals surface area (Å²) in [6, 6.07) is 0. The molecular weight excluding hydrogens is 1220 g/mol. The van der Waals surface area contributed by atoms with Crippen LogP contribution in [0, 0.1) is 5.92 Å². The number of phosphoric ester groups is 2. The Bertz CT molecular complexity index is 1790. The Morgan fingerprint density at radius 1 is 0.301 bits per heavy atom. The fourth-order valence-electron chi connectivity index (χ4n) is 11.3. The number of hydrogen-bond donors (Lipinski definition) is 3. The van der Waals surface area contributed by atoms with E-state index in [0.29, 0.717) is 25.7 Å². The van der Waals surface area contributed by atoms with Crippen LogP contribution in [-0.2, 0) is 65.4 Å². The van der Waals surface area contributed by atoms with Gasteiger partial charge in [0, 0.05) is 25.7 Å². The molecule has 19 heteroatoms. The number of carbonyl (C=O) groups excluding carboxylic acids is 4. The van der Waals surface area contributed by atoms with Crippen LogP contribution in [0.5, 0.6) is 0 Å². The highest BCUT2D eigenvalue weighted by molar-refractivity contribution is 7.47. The Morgan fingerprint density at radius 3 is 0.763 bits per heavy atom. The summed E-state index contributed by atoms with van der Waals surface area (Å²) in [4.78, 5) is 72.6. The maximum absolute atomic E-state index is 13.1. The van der Waals surface area contributed by atoms with E-state index in [1.807, 2.05) is 0 Å². The zero-order valence-electron chi connectivity index (χ0n) is 60.4. The van der Waals surface area contributed by atoms with E-state index in [1.165, 1.54) is 212 Å². The zero-order chi connectivity index (χ0) is 68.4. The van der Waals surface area contributed by atoms with Crippen molar-refractivity contribution in [3.8, 4) is 0 Å². The van der Waals surface area contributed by atoms with Gasteiger partial charge in [0.1, 0.15) is 19.3 Å². The molecule has 0 fully saturated rings. The van der Waals surface area contributed by atoms with Gasteiger partial charge < -0.3 is 33.8 Å². The van der Waals surface area contributed by atoms with E-state index >= 15 is 0 Å². The van der Waals surface area contributed by atoms with E-state index in [9.17, 15) is 43.2 Å². The summed E-state index contributed by atoms with van der Waals surface area (Å²) >= 11 is 0. The van der Waals surface area contributed by atoms with Crippen molar-refractivity contribution in [1.29, 1.82) is 0 Å². The van der Waals surface area contributed by atoms with Crippen LogP contribution < -0.4 is 0 Å². The standard InChI is InChI=1S/C74H144O17P2/c1-6-10-13-16-19-22-24-25-26-27-28-29-30-31-33-40-45-50-55-60-74(79)91-70(64-85-72(77)58-53-48-43-38-35-34-37-41-46-51-56-67(5)9-4)66-89-93(82,83)87-62-68(75)61-86-92(80,81)88-65-69(63-84-71(76)57-52-47-42-36-21-18-15-12-8-3)90-73(78)59-54-49-44-39-32-23-20-17-14-11-7-2/h67-70,75H,6-66H2,1-5H3,(H,80,81)(H,82,83)/t67?,68-,69+,70+/m0/s1. The van der Waals surface area contributed by atoms with Crippen LogP contribution in [0.25, 0.3) is 0 Å². The summed E-state index contributed by atoms with van der Waals surface area (Å²) < 4.78 is 68.4. The van der Waals surface area contributed by atoms with Crippen molar-refractivity contribution in [2.75, 3.05) is 39.6 Å². The molecule has 0 aliphatic heterocycles. The Hall–Kier alpha value is -1.94. The zero-order valence-corrected chi connectivity index (χ0v) is 62.2. The van der Waals surface area contributed by atoms with Gasteiger partial charge in [0.05, 0.1) is 26.4 Å². The van der Waals surface area contributed by atoms with Gasteiger partial charge in [-0.15, -0.1) is 0 Å². The van der Waals surface area contributed by atoms with Crippen LogP contribution in [0.1, 0.15) is 388 Å². The summed E-state index contributed by atoms with van der Waals surface area (Å²) in [5.41, 5.74) is 0. The van der Waals surface area contributed by atoms with Crippen molar-refractivity contribution >= 4 is 39.5 Å². The first-order valence-corrected chi connectivity index (χ1v) is 41.7. The summed E-state index contributed by atoms with van der Waals surface area (Å²) in [7, 11) is -9.90. The van der Waals surface area contributed by atoms with E-state index in [2.05, 4.69) is 34.6 Å². The Labute approximate surface area is 568 Å². The smallest absolute Gasteiger partial charge is 0.462 e. The molecule has 0 aromatic rings. The molecule has 6 atom stereocenters. The molecule has 0 saturated heterocycles. The number of carbonyl (C=O) groups is 4. The van der Waals surface area contributed by atoms with Gasteiger partial charge in [-0.1, -0.05) is 336 Å². The van der Waals surface area contributed by atoms with Gasteiger partial charge in [-0.2, -0.15) is 0 Å². The molecule has 0 aromatic carbocycles. The fourth-order valence-corrected chi connectivity index (χ4v) is 12.9. The minimum atomic E-state index is -4.95. The van der Waals surface area contributed by atoms with Gasteiger partial charge in [0.25, 0.3) is 0 Å². The molecule has 3 unspecified atom stereocenters. The molecule has 552 valence electrons. The second-order valence-corrected chi connectivity index (χ2v) is 29.8. The van der Waals surface area contributed by atoms with E-state index in [1.54, 1.807) is 0 Å². The molecule has 0 spiro atoms. The molecule has 0 radical (unpaired) electrons. The maximum Gasteiger partial charge on any atom is 0.472 e.